The lowest BCUT2D eigenvalue weighted by Gasteiger charge is -2.17. The Balaban J connectivity index is 0.000000431. The van der Waals surface area contributed by atoms with Crippen LogP contribution in [0.4, 0.5) is 0 Å². The molecule has 3 aromatic rings. The zero-order chi connectivity index (χ0) is 19.2. The molecule has 3 aromatic carbocycles. The van der Waals surface area contributed by atoms with E-state index in [-0.39, 0.29) is 10.9 Å². The van der Waals surface area contributed by atoms with E-state index in [1.165, 1.54) is 25.8 Å². The molecule has 0 aliphatic carbocycles. The van der Waals surface area contributed by atoms with Crippen LogP contribution in [0.25, 0.3) is 0 Å². The average Bonchev–Trinajstić information content (AvgIpc) is 2.59. The van der Waals surface area contributed by atoms with E-state index in [4.69, 9.17) is 18.6 Å². The van der Waals surface area contributed by atoms with Crippen molar-refractivity contribution >= 4 is 10.9 Å². The maximum Gasteiger partial charge on any atom is 0.169 e. The lowest BCUT2D eigenvalue weighted by Crippen LogP contribution is -2.68. The van der Waals surface area contributed by atoms with E-state index in [2.05, 4.69) is 92.7 Å². The Labute approximate surface area is 158 Å². The van der Waals surface area contributed by atoms with Crippen molar-refractivity contribution < 1.29 is 28.9 Å². The standard InChI is InChI=1S/C20H19S.ClHO4/c1-16-13-14-17(2)20(15-16)21(18-9-5-3-6-10-18)19-11-7-4-8-12-19;2-1(3,4)5/h3-15H,1-2H3;(H,2,3,4,5)/q+1;/p-1. The molecule has 26 heavy (non-hydrogen) atoms. The van der Waals surface area contributed by atoms with Gasteiger partial charge in [0.25, 0.3) is 0 Å². The van der Waals surface area contributed by atoms with Gasteiger partial charge >= 0.3 is 0 Å². The zero-order valence-corrected chi connectivity index (χ0v) is 16.0. The Morgan fingerprint density at radius 1 is 0.654 bits per heavy atom. The molecule has 4 nitrogen and oxygen atoms in total. The summed E-state index contributed by atoms with van der Waals surface area (Å²) in [6, 6.07) is 28.4. The van der Waals surface area contributed by atoms with E-state index in [1.54, 1.807) is 0 Å². The van der Waals surface area contributed by atoms with Crippen molar-refractivity contribution in [2.75, 3.05) is 0 Å². The SMILES string of the molecule is Cc1ccc(C)c([S+](c2ccccc2)c2ccccc2)c1.[O-][Cl+3]([O-])([O-])[O-]. The summed E-state index contributed by atoms with van der Waals surface area (Å²) < 4.78 is 34.0. The molecule has 3 rings (SSSR count). The number of halogens is 1. The molecule has 136 valence electrons. The Kier molecular flexibility index (Phi) is 7.23. The van der Waals surface area contributed by atoms with Gasteiger partial charge in [0.15, 0.2) is 14.7 Å². The maximum absolute atomic E-state index is 8.49. The van der Waals surface area contributed by atoms with Crippen molar-refractivity contribution in [2.45, 2.75) is 28.5 Å². The molecule has 0 fully saturated rings. The van der Waals surface area contributed by atoms with Crippen LogP contribution in [0.3, 0.4) is 0 Å². The lowest BCUT2D eigenvalue weighted by molar-refractivity contribution is -2.00. The topological polar surface area (TPSA) is 92.2 Å². The highest BCUT2D eigenvalue weighted by Crippen LogP contribution is 2.33. The van der Waals surface area contributed by atoms with Crippen molar-refractivity contribution in [3.05, 3.63) is 90.0 Å². The summed E-state index contributed by atoms with van der Waals surface area (Å²) in [7, 11) is -4.98. The summed E-state index contributed by atoms with van der Waals surface area (Å²) in [6.45, 7) is 4.38. The fraction of sp³-hybridized carbons (Fsp3) is 0.100. The summed E-state index contributed by atoms with van der Waals surface area (Å²) in [4.78, 5) is 4.17. The summed E-state index contributed by atoms with van der Waals surface area (Å²) in [5, 5.41) is 0. The first kappa shape index (κ1) is 20.5. The Morgan fingerprint density at radius 3 is 1.50 bits per heavy atom. The molecular weight excluding hydrogens is 372 g/mol. The molecule has 0 unspecified atom stereocenters. The first-order valence-corrected chi connectivity index (χ1v) is 10.2. The molecule has 6 heteroatoms. The first-order valence-electron chi connectivity index (χ1n) is 7.79. The fourth-order valence-corrected chi connectivity index (χ4v) is 4.76. The van der Waals surface area contributed by atoms with Crippen LogP contribution in [0.5, 0.6) is 0 Å². The molecule has 0 radical (unpaired) electrons. The average molecular weight is 391 g/mol. The minimum absolute atomic E-state index is 0.0365. The quantitative estimate of drug-likeness (QED) is 0.613. The minimum Gasteiger partial charge on any atom is -0.222 e. The van der Waals surface area contributed by atoms with E-state index in [9.17, 15) is 0 Å². The van der Waals surface area contributed by atoms with Crippen LogP contribution in [0.15, 0.2) is 93.5 Å². The van der Waals surface area contributed by atoms with Crippen LogP contribution < -0.4 is 18.6 Å². The van der Waals surface area contributed by atoms with Gasteiger partial charge in [0.05, 0.1) is 10.9 Å². The Hall–Kier alpha value is -1.86. The van der Waals surface area contributed by atoms with E-state index in [1.807, 2.05) is 0 Å². The second-order valence-corrected chi connectivity index (χ2v) is 8.33. The van der Waals surface area contributed by atoms with Gasteiger partial charge in [-0.1, -0.05) is 48.5 Å². The molecule has 0 aromatic heterocycles. The van der Waals surface area contributed by atoms with Crippen LogP contribution >= 0.6 is 0 Å². The molecule has 0 bridgehead atoms. The highest BCUT2D eigenvalue weighted by Gasteiger charge is 2.29. The third kappa shape index (κ3) is 6.46. The van der Waals surface area contributed by atoms with Gasteiger partial charge in [0.1, 0.15) is 0 Å². The highest BCUT2D eigenvalue weighted by atomic mass is 35.7. The molecule has 0 atom stereocenters. The van der Waals surface area contributed by atoms with Crippen LogP contribution in [-0.4, -0.2) is 0 Å². The minimum atomic E-state index is -4.94. The number of hydrogen-bond acceptors (Lipinski definition) is 4. The predicted octanol–water partition coefficient (Wildman–Crippen LogP) is 0.643. The van der Waals surface area contributed by atoms with Gasteiger partial charge in [-0.15, -0.1) is 10.2 Å². The number of aryl methyl sites for hydroxylation is 2. The van der Waals surface area contributed by atoms with Crippen molar-refractivity contribution in [3.63, 3.8) is 0 Å². The molecule has 0 heterocycles. The first-order chi connectivity index (χ1) is 12.3. The normalized spacial score (nSPS) is 11.0. The number of rotatable bonds is 3. The van der Waals surface area contributed by atoms with Crippen molar-refractivity contribution in [3.8, 4) is 0 Å². The molecule has 0 spiro atoms. The van der Waals surface area contributed by atoms with Crippen LogP contribution in [0.2, 0.25) is 0 Å². The predicted molar refractivity (Wildman–Crippen MR) is 91.0 cm³/mol. The van der Waals surface area contributed by atoms with E-state index >= 15 is 0 Å². The zero-order valence-electron chi connectivity index (χ0n) is 14.4. The van der Waals surface area contributed by atoms with Crippen LogP contribution in [-0.2, 0) is 10.9 Å². The van der Waals surface area contributed by atoms with Crippen LogP contribution in [0, 0.1) is 24.1 Å². The number of hydrogen-bond donors (Lipinski definition) is 0. The molecule has 0 saturated heterocycles. The van der Waals surface area contributed by atoms with E-state index in [0.29, 0.717) is 0 Å². The van der Waals surface area contributed by atoms with E-state index in [0.717, 1.165) is 0 Å². The fourth-order valence-electron chi connectivity index (χ4n) is 2.43. The molecule has 0 aliphatic heterocycles. The van der Waals surface area contributed by atoms with Gasteiger partial charge in [-0.3, -0.25) is 0 Å². The maximum atomic E-state index is 8.49. The molecular formula is C20H19ClO4S. The van der Waals surface area contributed by atoms with Gasteiger partial charge in [0, 0.05) is 5.56 Å². The molecule has 0 saturated carbocycles. The molecule has 0 amide bonds. The van der Waals surface area contributed by atoms with Crippen LogP contribution in [0.1, 0.15) is 11.1 Å². The van der Waals surface area contributed by atoms with Gasteiger partial charge in [0.2, 0.25) is 0 Å². The summed E-state index contributed by atoms with van der Waals surface area (Å²) in [6.07, 6.45) is 0. The largest absolute Gasteiger partial charge is 0.222 e. The second-order valence-electron chi connectivity index (χ2n) is 5.58. The lowest BCUT2D eigenvalue weighted by atomic mass is 10.2. The second kappa shape index (κ2) is 9.19. The summed E-state index contributed by atoms with van der Waals surface area (Å²) in [5.41, 5.74) is 2.68. The Bertz CT molecular complexity index is 775. The Morgan fingerprint density at radius 2 is 1.08 bits per heavy atom. The van der Waals surface area contributed by atoms with Gasteiger partial charge < -0.3 is 0 Å². The third-order valence-electron chi connectivity index (χ3n) is 3.52. The van der Waals surface area contributed by atoms with Crippen molar-refractivity contribution in [2.24, 2.45) is 0 Å². The van der Waals surface area contributed by atoms with Crippen molar-refractivity contribution in [1.29, 1.82) is 0 Å². The molecule has 0 aliphatic rings. The van der Waals surface area contributed by atoms with E-state index < -0.39 is 10.2 Å². The summed E-state index contributed by atoms with van der Waals surface area (Å²) >= 11 is 0. The monoisotopic (exact) mass is 390 g/mol. The highest BCUT2D eigenvalue weighted by molar-refractivity contribution is 7.97. The van der Waals surface area contributed by atoms with Gasteiger partial charge in [-0.25, -0.2) is 18.6 Å². The number of benzene rings is 3. The third-order valence-corrected chi connectivity index (χ3v) is 5.89. The summed E-state index contributed by atoms with van der Waals surface area (Å²) in [5.74, 6) is 0. The van der Waals surface area contributed by atoms with Gasteiger partial charge in [-0.2, -0.15) is 0 Å². The smallest absolute Gasteiger partial charge is 0.169 e. The van der Waals surface area contributed by atoms with Crippen molar-refractivity contribution in [1.82, 2.24) is 0 Å². The van der Waals surface area contributed by atoms with Gasteiger partial charge in [-0.05, 0) is 49.7 Å². The molecule has 0 N–H and O–H groups in total.